The fourth-order valence-corrected chi connectivity index (χ4v) is 2.44. The number of rotatable bonds is 5. The number of piperidine rings is 1. The van der Waals surface area contributed by atoms with Crippen LogP contribution in [-0.4, -0.2) is 13.1 Å². The van der Waals surface area contributed by atoms with Crippen molar-refractivity contribution in [2.24, 2.45) is 11.3 Å². The highest BCUT2D eigenvalue weighted by Gasteiger charge is 2.13. The number of hydrogen-bond acceptors (Lipinski definition) is 1. The molecule has 1 aliphatic rings. The first-order valence-corrected chi connectivity index (χ1v) is 6.79. The first kappa shape index (κ1) is 13.0. The lowest BCUT2D eigenvalue weighted by Crippen LogP contribution is -2.27. The smallest absolute Gasteiger partial charge is 0.00463 e. The molecule has 1 heteroatoms. The minimum atomic E-state index is 0.536. The third-order valence-electron chi connectivity index (χ3n) is 3.50. The Morgan fingerprint density at radius 1 is 1.00 bits per heavy atom. The van der Waals surface area contributed by atoms with E-state index in [2.05, 4.69) is 26.1 Å². The summed E-state index contributed by atoms with van der Waals surface area (Å²) in [4.78, 5) is 0. The van der Waals surface area contributed by atoms with Crippen LogP contribution in [0.1, 0.15) is 65.7 Å². The molecule has 1 saturated heterocycles. The minimum absolute atomic E-state index is 0.536. The second-order valence-electron chi connectivity index (χ2n) is 6.35. The molecule has 1 N–H and O–H groups in total. The van der Waals surface area contributed by atoms with Crippen molar-refractivity contribution in [1.29, 1.82) is 0 Å². The van der Waals surface area contributed by atoms with Crippen LogP contribution in [0.5, 0.6) is 0 Å². The lowest BCUT2D eigenvalue weighted by Gasteiger charge is -2.22. The highest BCUT2D eigenvalue weighted by atomic mass is 14.9. The number of nitrogens with one attached hydrogen (secondary N) is 1. The van der Waals surface area contributed by atoms with Gasteiger partial charge in [0.05, 0.1) is 0 Å². The molecule has 0 spiro atoms. The summed E-state index contributed by atoms with van der Waals surface area (Å²) < 4.78 is 0. The van der Waals surface area contributed by atoms with Gasteiger partial charge < -0.3 is 5.32 Å². The van der Waals surface area contributed by atoms with Crippen LogP contribution < -0.4 is 5.32 Å². The van der Waals surface area contributed by atoms with Gasteiger partial charge in [-0.2, -0.15) is 0 Å². The van der Waals surface area contributed by atoms with Crippen LogP contribution in [-0.2, 0) is 0 Å². The molecule has 1 fully saturated rings. The van der Waals surface area contributed by atoms with E-state index in [1.807, 2.05) is 0 Å². The molecule has 1 rings (SSSR count). The average Bonchev–Trinajstić information content (AvgIpc) is 2.17. The highest BCUT2D eigenvalue weighted by Crippen LogP contribution is 2.24. The molecule has 1 aliphatic heterocycles. The first-order valence-electron chi connectivity index (χ1n) is 6.79. The topological polar surface area (TPSA) is 12.0 Å². The fourth-order valence-electron chi connectivity index (χ4n) is 2.44. The number of unbranched alkanes of at least 4 members (excludes halogenated alkanes) is 2. The van der Waals surface area contributed by atoms with Crippen LogP contribution in [0.25, 0.3) is 0 Å². The van der Waals surface area contributed by atoms with E-state index >= 15 is 0 Å². The molecule has 0 bridgehead atoms. The van der Waals surface area contributed by atoms with Gasteiger partial charge in [-0.1, -0.05) is 46.5 Å². The maximum absolute atomic E-state index is 3.44. The maximum Gasteiger partial charge on any atom is -0.00463 e. The van der Waals surface area contributed by atoms with E-state index in [9.17, 15) is 0 Å². The molecule has 15 heavy (non-hydrogen) atoms. The van der Waals surface area contributed by atoms with E-state index < -0.39 is 0 Å². The summed E-state index contributed by atoms with van der Waals surface area (Å²) in [6, 6.07) is 0. The summed E-state index contributed by atoms with van der Waals surface area (Å²) in [7, 11) is 0. The largest absolute Gasteiger partial charge is 0.317 e. The predicted octanol–water partition coefficient (Wildman–Crippen LogP) is 3.98. The Kier molecular flexibility index (Phi) is 5.66. The lowest BCUT2D eigenvalue weighted by atomic mass is 9.88. The van der Waals surface area contributed by atoms with Gasteiger partial charge in [-0.05, 0) is 43.7 Å². The first-order chi connectivity index (χ1) is 7.08. The van der Waals surface area contributed by atoms with E-state index in [1.165, 1.54) is 58.0 Å². The van der Waals surface area contributed by atoms with Crippen molar-refractivity contribution in [2.45, 2.75) is 65.7 Å². The van der Waals surface area contributed by atoms with Crippen molar-refractivity contribution >= 4 is 0 Å². The van der Waals surface area contributed by atoms with Crippen molar-refractivity contribution in [3.63, 3.8) is 0 Å². The SMILES string of the molecule is CC(C)(C)CCCCCC1CCNCC1. The van der Waals surface area contributed by atoms with Gasteiger partial charge >= 0.3 is 0 Å². The maximum atomic E-state index is 3.44. The molecule has 0 saturated carbocycles. The Hall–Kier alpha value is -0.0400. The van der Waals surface area contributed by atoms with Crippen molar-refractivity contribution in [3.05, 3.63) is 0 Å². The quantitative estimate of drug-likeness (QED) is 0.678. The summed E-state index contributed by atoms with van der Waals surface area (Å²) in [6.07, 6.45) is 10.0. The van der Waals surface area contributed by atoms with E-state index in [0.717, 1.165) is 5.92 Å². The van der Waals surface area contributed by atoms with Crippen LogP contribution in [0.2, 0.25) is 0 Å². The van der Waals surface area contributed by atoms with Crippen molar-refractivity contribution < 1.29 is 0 Å². The third-order valence-corrected chi connectivity index (χ3v) is 3.50. The monoisotopic (exact) mass is 211 g/mol. The normalized spacial score (nSPS) is 19.4. The van der Waals surface area contributed by atoms with E-state index in [4.69, 9.17) is 0 Å². The second kappa shape index (κ2) is 6.52. The van der Waals surface area contributed by atoms with Gasteiger partial charge in [-0.25, -0.2) is 0 Å². The minimum Gasteiger partial charge on any atom is -0.317 e. The second-order valence-corrected chi connectivity index (χ2v) is 6.35. The van der Waals surface area contributed by atoms with E-state index in [1.54, 1.807) is 0 Å². The van der Waals surface area contributed by atoms with Crippen LogP contribution in [0.4, 0.5) is 0 Å². The Morgan fingerprint density at radius 2 is 1.67 bits per heavy atom. The highest BCUT2D eigenvalue weighted by molar-refractivity contribution is 4.68. The van der Waals surface area contributed by atoms with Crippen LogP contribution in [0.3, 0.4) is 0 Å². The molecule has 0 aromatic rings. The summed E-state index contributed by atoms with van der Waals surface area (Å²) in [5.74, 6) is 1.03. The Balaban J connectivity index is 1.92. The Bertz CT molecular complexity index is 151. The summed E-state index contributed by atoms with van der Waals surface area (Å²) in [5, 5.41) is 3.44. The Morgan fingerprint density at radius 3 is 2.27 bits per heavy atom. The van der Waals surface area contributed by atoms with Crippen molar-refractivity contribution in [3.8, 4) is 0 Å². The van der Waals surface area contributed by atoms with E-state index in [0.29, 0.717) is 5.41 Å². The molecule has 1 nitrogen and oxygen atoms in total. The van der Waals surface area contributed by atoms with Gasteiger partial charge in [-0.3, -0.25) is 0 Å². The molecule has 0 aliphatic carbocycles. The molecular formula is C14H29N. The zero-order valence-corrected chi connectivity index (χ0v) is 10.9. The summed E-state index contributed by atoms with van der Waals surface area (Å²) in [6.45, 7) is 9.55. The molecule has 0 aromatic carbocycles. The van der Waals surface area contributed by atoms with Gasteiger partial charge in [0.15, 0.2) is 0 Å². The zero-order valence-electron chi connectivity index (χ0n) is 10.9. The van der Waals surface area contributed by atoms with E-state index in [-0.39, 0.29) is 0 Å². The average molecular weight is 211 g/mol. The van der Waals surface area contributed by atoms with Crippen LogP contribution >= 0.6 is 0 Å². The van der Waals surface area contributed by atoms with Crippen molar-refractivity contribution in [2.75, 3.05) is 13.1 Å². The molecule has 1 heterocycles. The molecule has 0 amide bonds. The molecule has 90 valence electrons. The third kappa shape index (κ3) is 6.94. The predicted molar refractivity (Wildman–Crippen MR) is 68.1 cm³/mol. The van der Waals surface area contributed by atoms with Gasteiger partial charge in [0.2, 0.25) is 0 Å². The molecule has 0 aromatic heterocycles. The molecule has 0 atom stereocenters. The molecule has 0 unspecified atom stereocenters. The number of hydrogen-bond donors (Lipinski definition) is 1. The van der Waals surface area contributed by atoms with Gasteiger partial charge in [0.1, 0.15) is 0 Å². The van der Waals surface area contributed by atoms with Crippen LogP contribution in [0, 0.1) is 11.3 Å². The molecule has 0 radical (unpaired) electrons. The lowest BCUT2D eigenvalue weighted by molar-refractivity contribution is 0.326. The van der Waals surface area contributed by atoms with Gasteiger partial charge in [0.25, 0.3) is 0 Å². The Labute approximate surface area is 96.0 Å². The summed E-state index contributed by atoms with van der Waals surface area (Å²) >= 11 is 0. The fraction of sp³-hybridized carbons (Fsp3) is 1.00. The standard InChI is InChI=1S/C14H29N/c1-14(2,3)10-6-4-5-7-13-8-11-15-12-9-13/h13,15H,4-12H2,1-3H3. The summed E-state index contributed by atoms with van der Waals surface area (Å²) in [5.41, 5.74) is 0.536. The van der Waals surface area contributed by atoms with Crippen LogP contribution in [0.15, 0.2) is 0 Å². The van der Waals surface area contributed by atoms with Gasteiger partial charge in [-0.15, -0.1) is 0 Å². The van der Waals surface area contributed by atoms with Crippen molar-refractivity contribution in [1.82, 2.24) is 5.32 Å². The van der Waals surface area contributed by atoms with Gasteiger partial charge in [0, 0.05) is 0 Å². The molecular weight excluding hydrogens is 182 g/mol. The zero-order chi connectivity index (χ0) is 11.1.